The van der Waals surface area contributed by atoms with Gasteiger partial charge in [-0.3, -0.25) is 9.59 Å². The van der Waals surface area contributed by atoms with E-state index in [-0.39, 0.29) is 24.2 Å². The van der Waals surface area contributed by atoms with E-state index in [2.05, 4.69) is 6.07 Å². The summed E-state index contributed by atoms with van der Waals surface area (Å²) in [6.07, 6.45) is 1.86. The van der Waals surface area contributed by atoms with Gasteiger partial charge in [0.25, 0.3) is 0 Å². The fourth-order valence-corrected chi connectivity index (χ4v) is 3.47. The molecule has 1 saturated heterocycles. The maximum absolute atomic E-state index is 13.0. The van der Waals surface area contributed by atoms with E-state index in [1.165, 1.54) is 0 Å². The molecular weight excluding hydrogens is 316 g/mol. The largest absolute Gasteiger partial charge is 0.467 e. The van der Waals surface area contributed by atoms with Crippen LogP contribution < -0.4 is 4.90 Å². The number of carbonyl (C=O) groups is 2. The molecule has 0 bridgehead atoms. The van der Waals surface area contributed by atoms with Crippen LogP contribution in [-0.2, 0) is 16.1 Å². The third kappa shape index (κ3) is 3.76. The van der Waals surface area contributed by atoms with Gasteiger partial charge < -0.3 is 14.2 Å². The lowest BCUT2D eigenvalue weighted by atomic mass is 10.1. The molecule has 1 aromatic heterocycles. The van der Waals surface area contributed by atoms with Crippen LogP contribution in [0.25, 0.3) is 0 Å². The summed E-state index contributed by atoms with van der Waals surface area (Å²) in [5, 5.41) is 0. The summed E-state index contributed by atoms with van der Waals surface area (Å²) < 4.78 is 5.31. The second-order valence-corrected chi connectivity index (χ2v) is 6.68. The second kappa shape index (κ2) is 7.13. The highest BCUT2D eigenvalue weighted by atomic mass is 16.3. The van der Waals surface area contributed by atoms with E-state index >= 15 is 0 Å². The number of amides is 2. The van der Waals surface area contributed by atoms with Crippen LogP contribution in [0.15, 0.2) is 41.0 Å². The normalized spacial score (nSPS) is 17.2. The maximum Gasteiger partial charge on any atom is 0.232 e. The van der Waals surface area contributed by atoms with Crippen molar-refractivity contribution in [2.75, 3.05) is 18.0 Å². The molecule has 0 radical (unpaired) electrons. The van der Waals surface area contributed by atoms with Crippen LogP contribution in [0.4, 0.5) is 5.69 Å². The summed E-state index contributed by atoms with van der Waals surface area (Å²) in [5.41, 5.74) is 3.16. The molecule has 5 heteroatoms. The first kappa shape index (κ1) is 17.3. The van der Waals surface area contributed by atoms with E-state index in [4.69, 9.17) is 4.42 Å². The summed E-state index contributed by atoms with van der Waals surface area (Å²) in [7, 11) is 0. The Morgan fingerprint density at radius 1 is 1.28 bits per heavy atom. The van der Waals surface area contributed by atoms with Crippen molar-refractivity contribution in [3.8, 4) is 0 Å². The molecule has 3 rings (SSSR count). The van der Waals surface area contributed by atoms with Crippen LogP contribution in [0.2, 0.25) is 0 Å². The van der Waals surface area contributed by atoms with Gasteiger partial charge in [0.15, 0.2) is 0 Å². The van der Waals surface area contributed by atoms with Crippen LogP contribution in [0.5, 0.6) is 0 Å². The Morgan fingerprint density at radius 3 is 2.60 bits per heavy atom. The fourth-order valence-electron chi connectivity index (χ4n) is 3.47. The predicted molar refractivity (Wildman–Crippen MR) is 96.2 cm³/mol. The first-order valence-corrected chi connectivity index (χ1v) is 8.67. The van der Waals surface area contributed by atoms with Crippen LogP contribution in [-0.4, -0.2) is 29.8 Å². The number of likely N-dealkylation sites (tertiary alicyclic amines) is 1. The summed E-state index contributed by atoms with van der Waals surface area (Å²) in [6.45, 7) is 7.47. The average Bonchev–Trinajstić information content (AvgIpc) is 3.18. The minimum atomic E-state index is -0.303. The molecule has 0 saturated carbocycles. The van der Waals surface area contributed by atoms with E-state index in [9.17, 15) is 9.59 Å². The molecule has 0 unspecified atom stereocenters. The number of furan rings is 1. The van der Waals surface area contributed by atoms with Crippen LogP contribution in [0.1, 0.15) is 30.2 Å². The first-order chi connectivity index (χ1) is 12.0. The number of rotatable bonds is 5. The summed E-state index contributed by atoms with van der Waals surface area (Å²) in [5.74, 6) is 0.459. The van der Waals surface area contributed by atoms with Crippen molar-refractivity contribution in [2.45, 2.75) is 33.7 Å². The lowest BCUT2D eigenvalue weighted by Gasteiger charge is -2.25. The molecule has 1 aliphatic rings. The van der Waals surface area contributed by atoms with Crippen molar-refractivity contribution in [2.24, 2.45) is 5.92 Å². The first-order valence-electron chi connectivity index (χ1n) is 8.67. The molecule has 1 atom stereocenters. The highest BCUT2D eigenvalue weighted by molar-refractivity contribution is 5.99. The van der Waals surface area contributed by atoms with Crippen LogP contribution in [0.3, 0.4) is 0 Å². The highest BCUT2D eigenvalue weighted by Crippen LogP contribution is 2.26. The van der Waals surface area contributed by atoms with Gasteiger partial charge in [-0.15, -0.1) is 0 Å². The zero-order valence-electron chi connectivity index (χ0n) is 15.0. The number of hydrogen-bond donors (Lipinski definition) is 0. The van der Waals surface area contributed by atoms with Crippen molar-refractivity contribution < 1.29 is 14.0 Å². The van der Waals surface area contributed by atoms with E-state index in [0.29, 0.717) is 19.6 Å². The second-order valence-electron chi connectivity index (χ2n) is 6.68. The quantitative estimate of drug-likeness (QED) is 0.839. The standard InChI is InChI=1S/C20H24N2O3/c1-4-22(17-9-14(2)8-15(3)10-17)20(24)16-11-19(23)21(12-16)13-18-6-5-7-25-18/h5-10,16H,4,11-13H2,1-3H3/t16-/m1/s1. The summed E-state index contributed by atoms with van der Waals surface area (Å²) in [4.78, 5) is 28.8. The third-order valence-corrected chi connectivity index (χ3v) is 4.59. The Kier molecular flexibility index (Phi) is 4.93. The smallest absolute Gasteiger partial charge is 0.232 e. The topological polar surface area (TPSA) is 53.8 Å². The number of nitrogens with zero attached hydrogens (tertiary/aromatic N) is 2. The molecule has 2 aromatic rings. The SMILES string of the molecule is CCN(C(=O)[C@@H]1CC(=O)N(Cc2ccco2)C1)c1cc(C)cc(C)c1. The average molecular weight is 340 g/mol. The molecule has 1 aliphatic heterocycles. The lowest BCUT2D eigenvalue weighted by molar-refractivity contribution is -0.129. The number of anilines is 1. The Morgan fingerprint density at radius 2 is 2.00 bits per heavy atom. The van der Waals surface area contributed by atoms with Crippen LogP contribution >= 0.6 is 0 Å². The number of benzene rings is 1. The zero-order chi connectivity index (χ0) is 18.0. The molecule has 132 valence electrons. The van der Waals surface area contributed by atoms with E-state index in [1.807, 2.05) is 39.0 Å². The molecule has 0 N–H and O–H groups in total. The van der Waals surface area contributed by atoms with Gasteiger partial charge in [-0.1, -0.05) is 6.07 Å². The zero-order valence-corrected chi connectivity index (χ0v) is 15.0. The maximum atomic E-state index is 13.0. The van der Waals surface area contributed by atoms with Gasteiger partial charge in [0.05, 0.1) is 18.7 Å². The molecule has 0 aliphatic carbocycles. The Balaban J connectivity index is 1.74. The van der Waals surface area contributed by atoms with Crippen molar-refractivity contribution in [1.29, 1.82) is 0 Å². The molecule has 5 nitrogen and oxygen atoms in total. The minimum Gasteiger partial charge on any atom is -0.467 e. The highest BCUT2D eigenvalue weighted by Gasteiger charge is 2.36. The lowest BCUT2D eigenvalue weighted by Crippen LogP contribution is -2.37. The molecular formula is C20H24N2O3. The summed E-state index contributed by atoms with van der Waals surface area (Å²) in [6, 6.07) is 9.78. The van der Waals surface area contributed by atoms with Crippen molar-refractivity contribution >= 4 is 17.5 Å². The summed E-state index contributed by atoms with van der Waals surface area (Å²) >= 11 is 0. The van der Waals surface area contributed by atoms with Crippen LogP contribution in [0, 0.1) is 19.8 Å². The molecule has 1 fully saturated rings. The van der Waals surface area contributed by atoms with Crippen molar-refractivity contribution in [3.63, 3.8) is 0 Å². The molecule has 25 heavy (non-hydrogen) atoms. The van der Waals surface area contributed by atoms with Gasteiger partial charge in [0.1, 0.15) is 5.76 Å². The van der Waals surface area contributed by atoms with Crippen molar-refractivity contribution in [3.05, 3.63) is 53.5 Å². The Labute approximate surface area is 148 Å². The number of aryl methyl sites for hydroxylation is 2. The van der Waals surface area contributed by atoms with Gasteiger partial charge in [-0.25, -0.2) is 0 Å². The fraction of sp³-hybridized carbons (Fsp3) is 0.400. The van der Waals surface area contributed by atoms with Gasteiger partial charge >= 0.3 is 0 Å². The molecule has 2 amide bonds. The van der Waals surface area contributed by atoms with E-state index < -0.39 is 0 Å². The van der Waals surface area contributed by atoms with Gasteiger partial charge in [-0.2, -0.15) is 0 Å². The van der Waals surface area contributed by atoms with E-state index in [1.54, 1.807) is 22.1 Å². The molecule has 0 spiro atoms. The van der Waals surface area contributed by atoms with Gasteiger partial charge in [0.2, 0.25) is 11.8 Å². The van der Waals surface area contributed by atoms with E-state index in [0.717, 1.165) is 22.6 Å². The van der Waals surface area contributed by atoms with Gasteiger partial charge in [0, 0.05) is 25.2 Å². The Bertz CT molecular complexity index is 747. The Hall–Kier alpha value is -2.56. The number of carbonyl (C=O) groups excluding carboxylic acids is 2. The monoisotopic (exact) mass is 340 g/mol. The predicted octanol–water partition coefficient (Wildman–Crippen LogP) is 3.30. The third-order valence-electron chi connectivity index (χ3n) is 4.59. The van der Waals surface area contributed by atoms with Crippen molar-refractivity contribution in [1.82, 2.24) is 4.90 Å². The molecule has 1 aromatic carbocycles. The van der Waals surface area contributed by atoms with Gasteiger partial charge in [-0.05, 0) is 56.2 Å². The molecule has 2 heterocycles. The number of hydrogen-bond acceptors (Lipinski definition) is 3. The minimum absolute atomic E-state index is 0.00576.